The monoisotopic (exact) mass is 482 g/mol. The summed E-state index contributed by atoms with van der Waals surface area (Å²) in [6.07, 6.45) is 2.71. The van der Waals surface area contributed by atoms with Crippen LogP contribution in [-0.2, 0) is 14.3 Å². The van der Waals surface area contributed by atoms with Crippen molar-refractivity contribution in [3.63, 3.8) is 0 Å². The van der Waals surface area contributed by atoms with E-state index in [4.69, 9.17) is 27.9 Å². The van der Waals surface area contributed by atoms with E-state index in [1.165, 1.54) is 12.2 Å². The Morgan fingerprint density at radius 3 is 2.27 bits per heavy atom. The Labute approximate surface area is 203 Å². The highest BCUT2D eigenvalue weighted by molar-refractivity contribution is 6.35. The molecule has 3 aromatic rings. The van der Waals surface area contributed by atoms with Gasteiger partial charge < -0.3 is 15.0 Å². The van der Waals surface area contributed by atoms with Crippen LogP contribution in [0.25, 0.3) is 6.08 Å². The Morgan fingerprint density at radius 2 is 1.64 bits per heavy atom. The van der Waals surface area contributed by atoms with Crippen LogP contribution < -0.4 is 10.2 Å². The molecule has 0 aliphatic heterocycles. The Morgan fingerprint density at radius 1 is 0.970 bits per heavy atom. The van der Waals surface area contributed by atoms with Gasteiger partial charge in [0.05, 0.1) is 0 Å². The van der Waals surface area contributed by atoms with Gasteiger partial charge in [-0.1, -0.05) is 47.5 Å². The molecule has 0 fully saturated rings. The summed E-state index contributed by atoms with van der Waals surface area (Å²) < 4.78 is 5.00. The lowest BCUT2D eigenvalue weighted by atomic mass is 10.2. The lowest BCUT2D eigenvalue weighted by Gasteiger charge is -2.29. The van der Waals surface area contributed by atoms with Crippen LogP contribution in [0.15, 0.2) is 78.9 Å². The first-order chi connectivity index (χ1) is 15.8. The van der Waals surface area contributed by atoms with Crippen LogP contribution >= 0.6 is 23.2 Å². The third-order valence-electron chi connectivity index (χ3n) is 4.69. The maximum Gasteiger partial charge on any atom is 0.331 e. The molecule has 170 valence electrons. The lowest BCUT2D eigenvalue weighted by Crippen LogP contribution is -2.25. The average Bonchev–Trinajstić information content (AvgIpc) is 2.79. The summed E-state index contributed by atoms with van der Waals surface area (Å²) in [5.41, 5.74) is 3.32. The molecule has 3 aromatic carbocycles. The molecule has 0 radical (unpaired) electrons. The molecule has 0 spiro atoms. The van der Waals surface area contributed by atoms with Crippen molar-refractivity contribution in [2.24, 2.45) is 0 Å². The minimum Gasteiger partial charge on any atom is -0.452 e. The summed E-state index contributed by atoms with van der Waals surface area (Å²) in [6.45, 7) is 3.83. The smallest absolute Gasteiger partial charge is 0.331 e. The fraction of sp³-hybridized carbons (Fsp3) is 0.154. The average molecular weight is 483 g/mol. The highest BCUT2D eigenvalue weighted by Gasteiger charge is 2.13. The molecule has 7 heteroatoms. The molecular formula is C26H24Cl2N2O3. The number of esters is 1. The molecule has 0 aromatic heterocycles. The first kappa shape index (κ1) is 24.4. The van der Waals surface area contributed by atoms with E-state index in [1.54, 1.807) is 18.2 Å². The summed E-state index contributed by atoms with van der Waals surface area (Å²) in [5.74, 6) is -1.08. The number of para-hydroxylation sites is 1. The second-order valence-electron chi connectivity index (χ2n) is 7.50. The molecule has 0 bridgehead atoms. The first-order valence-electron chi connectivity index (χ1n) is 10.4. The molecule has 33 heavy (non-hydrogen) atoms. The molecule has 5 nitrogen and oxygen atoms in total. The van der Waals surface area contributed by atoms with Gasteiger partial charge in [0.2, 0.25) is 0 Å². The zero-order valence-electron chi connectivity index (χ0n) is 18.3. The van der Waals surface area contributed by atoms with Crippen molar-refractivity contribution in [3.05, 3.63) is 94.5 Å². The third kappa shape index (κ3) is 7.11. The Bertz CT molecular complexity index is 1130. The highest BCUT2D eigenvalue weighted by Crippen LogP contribution is 2.28. The molecule has 0 saturated heterocycles. The molecule has 0 heterocycles. The molecule has 0 aliphatic rings. The van der Waals surface area contributed by atoms with Gasteiger partial charge >= 0.3 is 5.97 Å². The summed E-state index contributed by atoms with van der Waals surface area (Å²) in [6, 6.07) is 22.8. The van der Waals surface area contributed by atoms with Crippen molar-refractivity contribution >= 4 is 58.2 Å². The van der Waals surface area contributed by atoms with Crippen molar-refractivity contribution in [1.82, 2.24) is 0 Å². The third-order valence-corrected chi connectivity index (χ3v) is 5.25. The van der Waals surface area contributed by atoms with Gasteiger partial charge in [0.15, 0.2) is 6.61 Å². The Hall–Kier alpha value is -3.28. The van der Waals surface area contributed by atoms with Crippen LogP contribution in [0.4, 0.5) is 17.1 Å². The maximum absolute atomic E-state index is 12.2. The van der Waals surface area contributed by atoms with E-state index in [9.17, 15) is 9.59 Å². The minimum atomic E-state index is -0.651. The summed E-state index contributed by atoms with van der Waals surface area (Å²) in [4.78, 5) is 26.3. The molecule has 0 unspecified atom stereocenters. The van der Waals surface area contributed by atoms with Crippen LogP contribution in [-0.4, -0.2) is 24.5 Å². The quantitative estimate of drug-likeness (QED) is 0.285. The number of amides is 1. The molecule has 0 aliphatic carbocycles. The van der Waals surface area contributed by atoms with Gasteiger partial charge in [-0.25, -0.2) is 4.79 Å². The zero-order valence-corrected chi connectivity index (χ0v) is 19.8. The number of hydrogen-bond donors (Lipinski definition) is 1. The van der Waals surface area contributed by atoms with Crippen molar-refractivity contribution in [2.75, 3.05) is 16.8 Å². The number of nitrogens with zero attached hydrogens (tertiary/aromatic N) is 1. The number of hydrogen-bond acceptors (Lipinski definition) is 4. The number of nitrogens with one attached hydrogen (secondary N) is 1. The number of halogens is 2. The number of carbonyl (C=O) groups excluding carboxylic acids is 2. The van der Waals surface area contributed by atoms with Crippen LogP contribution in [0.5, 0.6) is 0 Å². The number of anilines is 3. The van der Waals surface area contributed by atoms with Crippen molar-refractivity contribution in [3.8, 4) is 0 Å². The number of carbonyl (C=O) groups is 2. The van der Waals surface area contributed by atoms with E-state index in [-0.39, 0.29) is 6.04 Å². The summed E-state index contributed by atoms with van der Waals surface area (Å²) >= 11 is 11.9. The van der Waals surface area contributed by atoms with Gasteiger partial charge in [0, 0.05) is 39.2 Å². The number of rotatable bonds is 8. The van der Waals surface area contributed by atoms with E-state index in [0.717, 1.165) is 11.4 Å². The van der Waals surface area contributed by atoms with E-state index < -0.39 is 18.5 Å². The number of ether oxygens (including phenoxy) is 1. The van der Waals surface area contributed by atoms with Crippen LogP contribution in [0.1, 0.15) is 19.4 Å². The van der Waals surface area contributed by atoms with Gasteiger partial charge in [-0.05, 0) is 74.0 Å². The fourth-order valence-corrected chi connectivity index (χ4v) is 3.69. The number of benzene rings is 3. The second kappa shape index (κ2) is 11.5. The van der Waals surface area contributed by atoms with Gasteiger partial charge in [0.25, 0.3) is 5.91 Å². The predicted octanol–water partition coefficient (Wildman–Crippen LogP) is 6.74. The van der Waals surface area contributed by atoms with Crippen LogP contribution in [0.3, 0.4) is 0 Å². The second-order valence-corrected chi connectivity index (χ2v) is 8.34. The standard InChI is InChI=1S/C26H24Cl2N2O3/c1-18(2)30(22-6-4-3-5-7-22)23-13-11-21(12-14-23)29-25(31)17-33-26(32)15-9-19-8-10-20(27)16-24(19)28/h3-16,18H,17H2,1-2H3,(H,29,31). The van der Waals surface area contributed by atoms with Crippen LogP contribution in [0, 0.1) is 0 Å². The van der Waals surface area contributed by atoms with E-state index in [0.29, 0.717) is 21.3 Å². The summed E-state index contributed by atoms with van der Waals surface area (Å²) in [5, 5.41) is 3.64. The normalized spacial score (nSPS) is 10.9. The van der Waals surface area contributed by atoms with Gasteiger partial charge in [-0.15, -0.1) is 0 Å². The van der Waals surface area contributed by atoms with Gasteiger partial charge in [-0.3, -0.25) is 4.79 Å². The van der Waals surface area contributed by atoms with E-state index >= 15 is 0 Å². The predicted molar refractivity (Wildman–Crippen MR) is 135 cm³/mol. The molecule has 1 amide bonds. The maximum atomic E-state index is 12.2. The Balaban J connectivity index is 1.54. The minimum absolute atomic E-state index is 0.253. The first-order valence-corrected chi connectivity index (χ1v) is 11.1. The molecule has 0 saturated carbocycles. The van der Waals surface area contributed by atoms with Gasteiger partial charge in [-0.2, -0.15) is 0 Å². The SMILES string of the molecule is CC(C)N(c1ccccc1)c1ccc(NC(=O)COC(=O)C=Cc2ccc(Cl)cc2Cl)cc1. The molecule has 1 N–H and O–H groups in total. The fourth-order valence-electron chi connectivity index (χ4n) is 3.22. The largest absolute Gasteiger partial charge is 0.452 e. The van der Waals surface area contributed by atoms with Crippen molar-refractivity contribution in [2.45, 2.75) is 19.9 Å². The van der Waals surface area contributed by atoms with Gasteiger partial charge in [0.1, 0.15) is 0 Å². The van der Waals surface area contributed by atoms with E-state index in [1.807, 2.05) is 42.5 Å². The lowest BCUT2D eigenvalue weighted by molar-refractivity contribution is -0.142. The van der Waals surface area contributed by atoms with E-state index in [2.05, 4.69) is 36.2 Å². The van der Waals surface area contributed by atoms with Crippen molar-refractivity contribution < 1.29 is 14.3 Å². The summed E-state index contributed by atoms with van der Waals surface area (Å²) in [7, 11) is 0. The molecule has 0 atom stereocenters. The zero-order chi connectivity index (χ0) is 23.8. The molecule has 3 rings (SSSR count). The Kier molecular flexibility index (Phi) is 8.52. The molecular weight excluding hydrogens is 459 g/mol. The topological polar surface area (TPSA) is 58.6 Å². The van der Waals surface area contributed by atoms with Crippen molar-refractivity contribution in [1.29, 1.82) is 0 Å². The highest BCUT2D eigenvalue weighted by atomic mass is 35.5. The van der Waals surface area contributed by atoms with Crippen LogP contribution in [0.2, 0.25) is 10.0 Å².